The average Bonchev–Trinajstić information content (AvgIpc) is 3.23. The van der Waals surface area contributed by atoms with Gasteiger partial charge in [0.25, 0.3) is 0 Å². The Bertz CT molecular complexity index is 909. The van der Waals surface area contributed by atoms with Crippen molar-refractivity contribution < 1.29 is 9.59 Å². The van der Waals surface area contributed by atoms with E-state index in [0.29, 0.717) is 0 Å². The number of carbonyl (C=O) groups excluding carboxylic acids is 2. The van der Waals surface area contributed by atoms with E-state index in [-0.39, 0.29) is 6.04 Å². The van der Waals surface area contributed by atoms with Crippen molar-refractivity contribution in [3.8, 4) is 0 Å². The molecule has 1 aromatic heterocycles. The van der Waals surface area contributed by atoms with Gasteiger partial charge >= 0.3 is 6.03 Å². The van der Waals surface area contributed by atoms with Gasteiger partial charge in [0.05, 0.1) is 6.04 Å². The highest BCUT2D eigenvalue weighted by atomic mass is 32.1. The van der Waals surface area contributed by atoms with Crippen LogP contribution in [0, 0.1) is 0 Å². The molecule has 0 unspecified atom stereocenters. The number of carbonyl (C=O) groups is 2. The third kappa shape index (κ3) is 4.85. The Hall–Kier alpha value is -2.96. The molecular formula is C22H23N3O2S. The van der Waals surface area contributed by atoms with E-state index in [1.54, 1.807) is 11.3 Å². The molecule has 144 valence electrons. The Morgan fingerprint density at radius 3 is 2.25 bits per heavy atom. The van der Waals surface area contributed by atoms with Crippen molar-refractivity contribution in [3.05, 3.63) is 93.7 Å². The molecule has 0 saturated carbocycles. The molecule has 3 amide bonds. The molecule has 0 aliphatic heterocycles. The predicted octanol–water partition coefficient (Wildman–Crippen LogP) is 3.93. The summed E-state index contributed by atoms with van der Waals surface area (Å²) in [5, 5.41) is 7.63. The van der Waals surface area contributed by atoms with Crippen molar-refractivity contribution in [3.63, 3.8) is 0 Å². The van der Waals surface area contributed by atoms with Crippen LogP contribution in [-0.4, -0.2) is 11.9 Å². The van der Waals surface area contributed by atoms with Gasteiger partial charge in [-0.25, -0.2) is 4.79 Å². The minimum atomic E-state index is -0.868. The first-order chi connectivity index (χ1) is 13.6. The molecule has 4 N–H and O–H groups in total. The van der Waals surface area contributed by atoms with E-state index in [2.05, 4.69) is 41.8 Å². The summed E-state index contributed by atoms with van der Waals surface area (Å²) < 4.78 is 0. The molecule has 3 aromatic rings. The Kier molecular flexibility index (Phi) is 6.57. The first kappa shape index (κ1) is 19.8. The summed E-state index contributed by atoms with van der Waals surface area (Å²) in [5.74, 6) is -0.481. The second-order valence-corrected chi connectivity index (χ2v) is 7.39. The van der Waals surface area contributed by atoms with E-state index in [4.69, 9.17) is 5.73 Å². The second-order valence-electron chi connectivity index (χ2n) is 6.41. The minimum absolute atomic E-state index is 0.199. The maximum absolute atomic E-state index is 12.7. The van der Waals surface area contributed by atoms with E-state index in [0.717, 1.165) is 22.4 Å². The molecule has 5 nitrogen and oxygen atoms in total. The number of nitrogens with two attached hydrogens (primary N) is 1. The first-order valence-electron chi connectivity index (χ1n) is 9.12. The molecule has 0 aliphatic rings. The maximum Gasteiger partial charge on any atom is 0.318 e. The molecule has 0 fully saturated rings. The number of benzene rings is 2. The van der Waals surface area contributed by atoms with Gasteiger partial charge in [0, 0.05) is 4.88 Å². The molecule has 0 radical (unpaired) electrons. The van der Waals surface area contributed by atoms with Gasteiger partial charge < -0.3 is 5.73 Å². The van der Waals surface area contributed by atoms with Crippen molar-refractivity contribution in [1.29, 1.82) is 0 Å². The first-order valence-corrected chi connectivity index (χ1v) is 10.00. The lowest BCUT2D eigenvalue weighted by molar-refractivity contribution is -0.122. The summed E-state index contributed by atoms with van der Waals surface area (Å²) in [6.07, 6.45) is 0.963. The lowest BCUT2D eigenvalue weighted by Crippen LogP contribution is -2.44. The van der Waals surface area contributed by atoms with E-state index in [1.165, 1.54) is 5.56 Å². The van der Waals surface area contributed by atoms with Crippen LogP contribution in [0.2, 0.25) is 0 Å². The van der Waals surface area contributed by atoms with Crippen molar-refractivity contribution >= 4 is 23.3 Å². The van der Waals surface area contributed by atoms with E-state index >= 15 is 0 Å². The van der Waals surface area contributed by atoms with E-state index in [1.807, 2.05) is 47.8 Å². The lowest BCUT2D eigenvalue weighted by atomic mass is 9.99. The lowest BCUT2D eigenvalue weighted by Gasteiger charge is -2.25. The molecule has 0 bridgehead atoms. The fraction of sp³-hybridized carbons (Fsp3) is 0.182. The third-order valence-electron chi connectivity index (χ3n) is 4.52. The van der Waals surface area contributed by atoms with Gasteiger partial charge in [-0.2, -0.15) is 0 Å². The topological polar surface area (TPSA) is 84.2 Å². The van der Waals surface area contributed by atoms with Crippen LogP contribution in [0.3, 0.4) is 0 Å². The highest BCUT2D eigenvalue weighted by Gasteiger charge is 2.27. The van der Waals surface area contributed by atoms with Gasteiger partial charge in [-0.15, -0.1) is 11.3 Å². The molecule has 0 aliphatic carbocycles. The minimum Gasteiger partial charge on any atom is -0.351 e. The monoisotopic (exact) mass is 393 g/mol. The van der Waals surface area contributed by atoms with Gasteiger partial charge in [-0.3, -0.25) is 15.4 Å². The van der Waals surface area contributed by atoms with Gasteiger partial charge in [-0.05, 0) is 34.6 Å². The SMILES string of the molecule is CCc1ccc([C@H](N[C@H](C(=O)NC(N)=O)c2ccccc2)c2cccs2)cc1. The zero-order valence-corrected chi connectivity index (χ0v) is 16.4. The zero-order chi connectivity index (χ0) is 19.9. The summed E-state index contributed by atoms with van der Waals surface area (Å²) >= 11 is 1.61. The fourth-order valence-corrected chi connectivity index (χ4v) is 3.88. The maximum atomic E-state index is 12.7. The number of imide groups is 1. The van der Waals surface area contributed by atoms with Crippen LogP contribution in [0.15, 0.2) is 72.1 Å². The molecule has 0 spiro atoms. The molecule has 2 atom stereocenters. The number of primary amides is 1. The number of urea groups is 1. The highest BCUT2D eigenvalue weighted by molar-refractivity contribution is 7.10. The number of thiophene rings is 1. The predicted molar refractivity (Wildman–Crippen MR) is 112 cm³/mol. The van der Waals surface area contributed by atoms with Crippen LogP contribution in [0.4, 0.5) is 4.79 Å². The highest BCUT2D eigenvalue weighted by Crippen LogP contribution is 2.29. The molecule has 3 rings (SSSR count). The van der Waals surface area contributed by atoms with Crippen molar-refractivity contribution in [2.75, 3.05) is 0 Å². The van der Waals surface area contributed by atoms with E-state index < -0.39 is 18.0 Å². The molecule has 1 heterocycles. The van der Waals surface area contributed by atoms with Gasteiger partial charge in [-0.1, -0.05) is 67.6 Å². The fourth-order valence-electron chi connectivity index (χ4n) is 3.07. The Morgan fingerprint density at radius 2 is 1.68 bits per heavy atom. The summed E-state index contributed by atoms with van der Waals surface area (Å²) in [6.45, 7) is 2.11. The summed E-state index contributed by atoms with van der Waals surface area (Å²) in [7, 11) is 0. The Balaban J connectivity index is 1.97. The summed E-state index contributed by atoms with van der Waals surface area (Å²) in [5.41, 5.74) is 8.24. The molecule has 6 heteroatoms. The van der Waals surface area contributed by atoms with Crippen LogP contribution in [0.25, 0.3) is 0 Å². The number of hydrogen-bond acceptors (Lipinski definition) is 4. The molecule has 2 aromatic carbocycles. The smallest absolute Gasteiger partial charge is 0.318 e. The zero-order valence-electron chi connectivity index (χ0n) is 15.6. The summed E-state index contributed by atoms with van der Waals surface area (Å²) in [4.78, 5) is 25.1. The third-order valence-corrected chi connectivity index (χ3v) is 5.46. The Morgan fingerprint density at radius 1 is 0.964 bits per heavy atom. The van der Waals surface area contributed by atoms with Crippen molar-refractivity contribution in [2.24, 2.45) is 5.73 Å². The molecular weight excluding hydrogens is 370 g/mol. The van der Waals surface area contributed by atoms with Crippen LogP contribution >= 0.6 is 11.3 Å². The number of nitrogens with one attached hydrogen (secondary N) is 2. The number of rotatable bonds is 7. The van der Waals surface area contributed by atoms with Crippen LogP contribution in [0.5, 0.6) is 0 Å². The van der Waals surface area contributed by atoms with Crippen LogP contribution < -0.4 is 16.4 Å². The molecule has 28 heavy (non-hydrogen) atoms. The average molecular weight is 394 g/mol. The quantitative estimate of drug-likeness (QED) is 0.569. The standard InChI is InChI=1S/C22H23N3O2S/c1-2-15-10-12-17(13-11-15)19(18-9-6-14-28-18)24-20(21(26)25-22(23)27)16-7-4-3-5-8-16/h3-14,19-20,24H,2H2,1H3,(H3,23,25,26,27)/t19-,20-/m0/s1. The number of aryl methyl sites for hydroxylation is 1. The van der Waals surface area contributed by atoms with Gasteiger partial charge in [0.15, 0.2) is 0 Å². The largest absolute Gasteiger partial charge is 0.351 e. The summed E-state index contributed by atoms with van der Waals surface area (Å²) in [6, 6.07) is 19.9. The van der Waals surface area contributed by atoms with Gasteiger partial charge in [0.1, 0.15) is 6.04 Å². The van der Waals surface area contributed by atoms with Crippen molar-refractivity contribution in [1.82, 2.24) is 10.6 Å². The normalized spacial score (nSPS) is 12.9. The second kappa shape index (κ2) is 9.30. The van der Waals surface area contributed by atoms with Gasteiger partial charge in [0.2, 0.25) is 5.91 Å². The van der Waals surface area contributed by atoms with Crippen LogP contribution in [-0.2, 0) is 11.2 Å². The van der Waals surface area contributed by atoms with Crippen molar-refractivity contribution in [2.45, 2.75) is 25.4 Å². The molecule has 0 saturated heterocycles. The number of hydrogen-bond donors (Lipinski definition) is 3. The van der Waals surface area contributed by atoms with E-state index in [9.17, 15) is 9.59 Å². The van der Waals surface area contributed by atoms with Crippen LogP contribution in [0.1, 0.15) is 40.6 Å². The number of amides is 3. The Labute approximate surface area is 168 Å².